The van der Waals surface area contributed by atoms with Gasteiger partial charge < -0.3 is 5.11 Å². The molecule has 0 bridgehead atoms. The number of halogens is 1. The standard InChI is InChI=1S/C14H13ClN2O2S/c15-9-4-5-10-11(6-9)16-13(8-2-1-3-8)17-14(10)20-7-12(18)19/h4-6,8H,1-3,7H2,(H,18,19). The summed E-state index contributed by atoms with van der Waals surface area (Å²) in [6, 6.07) is 5.44. The van der Waals surface area contributed by atoms with Crippen LogP contribution in [-0.4, -0.2) is 26.8 Å². The maximum absolute atomic E-state index is 10.8. The van der Waals surface area contributed by atoms with Crippen LogP contribution >= 0.6 is 23.4 Å². The van der Waals surface area contributed by atoms with Crippen LogP contribution in [0.2, 0.25) is 5.02 Å². The van der Waals surface area contributed by atoms with Crippen molar-refractivity contribution in [1.82, 2.24) is 9.97 Å². The van der Waals surface area contributed by atoms with Crippen LogP contribution in [0.25, 0.3) is 10.9 Å². The molecule has 20 heavy (non-hydrogen) atoms. The van der Waals surface area contributed by atoms with Crippen molar-refractivity contribution in [1.29, 1.82) is 0 Å². The topological polar surface area (TPSA) is 63.1 Å². The lowest BCUT2D eigenvalue weighted by atomic mass is 9.85. The molecule has 0 radical (unpaired) electrons. The second kappa shape index (κ2) is 5.58. The van der Waals surface area contributed by atoms with Gasteiger partial charge in [0.2, 0.25) is 0 Å². The Balaban J connectivity index is 2.06. The molecule has 0 saturated heterocycles. The SMILES string of the molecule is O=C(O)CSc1nc(C2CCC2)nc2cc(Cl)ccc12. The summed E-state index contributed by atoms with van der Waals surface area (Å²) < 4.78 is 0. The molecule has 1 heterocycles. The lowest BCUT2D eigenvalue weighted by Crippen LogP contribution is -2.13. The predicted molar refractivity (Wildman–Crippen MR) is 79.5 cm³/mol. The second-order valence-electron chi connectivity index (χ2n) is 4.86. The summed E-state index contributed by atoms with van der Waals surface area (Å²) in [6.45, 7) is 0. The molecular weight excluding hydrogens is 296 g/mol. The molecule has 1 fully saturated rings. The third-order valence-corrected chi connectivity index (χ3v) is 4.65. The minimum Gasteiger partial charge on any atom is -0.481 e. The van der Waals surface area contributed by atoms with Gasteiger partial charge in [0.25, 0.3) is 0 Å². The van der Waals surface area contributed by atoms with Crippen molar-refractivity contribution in [3.63, 3.8) is 0 Å². The number of carboxylic acids is 1. The molecule has 0 spiro atoms. The largest absolute Gasteiger partial charge is 0.481 e. The number of rotatable bonds is 4. The van der Waals surface area contributed by atoms with Crippen LogP contribution in [0, 0.1) is 0 Å². The highest BCUT2D eigenvalue weighted by Gasteiger charge is 2.23. The first-order chi connectivity index (χ1) is 9.63. The summed E-state index contributed by atoms with van der Waals surface area (Å²) in [6.07, 6.45) is 3.42. The number of carbonyl (C=O) groups is 1. The second-order valence-corrected chi connectivity index (χ2v) is 6.26. The van der Waals surface area contributed by atoms with Gasteiger partial charge in [0.1, 0.15) is 10.9 Å². The Morgan fingerprint density at radius 2 is 2.20 bits per heavy atom. The highest BCUT2D eigenvalue weighted by Crippen LogP contribution is 2.37. The zero-order valence-electron chi connectivity index (χ0n) is 10.7. The van der Waals surface area contributed by atoms with Crippen molar-refractivity contribution in [2.24, 2.45) is 0 Å². The molecule has 6 heteroatoms. The zero-order chi connectivity index (χ0) is 14.1. The molecule has 1 N–H and O–H groups in total. The van der Waals surface area contributed by atoms with E-state index in [1.54, 1.807) is 6.07 Å². The van der Waals surface area contributed by atoms with Gasteiger partial charge in [-0.05, 0) is 31.0 Å². The van der Waals surface area contributed by atoms with Crippen molar-refractivity contribution in [2.75, 3.05) is 5.75 Å². The number of hydrogen-bond donors (Lipinski definition) is 1. The number of aromatic nitrogens is 2. The van der Waals surface area contributed by atoms with Crippen molar-refractivity contribution in [3.05, 3.63) is 29.0 Å². The van der Waals surface area contributed by atoms with Crippen LogP contribution in [0.3, 0.4) is 0 Å². The quantitative estimate of drug-likeness (QED) is 0.689. The number of fused-ring (bicyclic) bond motifs is 1. The van der Waals surface area contributed by atoms with Gasteiger partial charge in [-0.2, -0.15) is 0 Å². The number of thioether (sulfide) groups is 1. The molecule has 0 aliphatic heterocycles. The zero-order valence-corrected chi connectivity index (χ0v) is 12.2. The average molecular weight is 309 g/mol. The minimum atomic E-state index is -0.846. The fourth-order valence-corrected chi connectivity index (χ4v) is 3.09. The van der Waals surface area contributed by atoms with Gasteiger partial charge in [-0.1, -0.05) is 29.8 Å². The van der Waals surface area contributed by atoms with E-state index < -0.39 is 5.97 Å². The molecule has 1 aromatic carbocycles. The van der Waals surface area contributed by atoms with Gasteiger partial charge in [0.15, 0.2) is 0 Å². The lowest BCUT2D eigenvalue weighted by Gasteiger charge is -2.24. The Morgan fingerprint density at radius 1 is 1.40 bits per heavy atom. The first-order valence-electron chi connectivity index (χ1n) is 6.45. The predicted octanol–water partition coefficient (Wildman–Crippen LogP) is 3.73. The fourth-order valence-electron chi connectivity index (χ4n) is 2.18. The van der Waals surface area contributed by atoms with E-state index in [0.717, 1.165) is 34.6 Å². The average Bonchev–Trinajstić information content (AvgIpc) is 2.33. The van der Waals surface area contributed by atoms with Crippen molar-refractivity contribution in [2.45, 2.75) is 30.2 Å². The molecule has 3 rings (SSSR count). The number of benzene rings is 1. The summed E-state index contributed by atoms with van der Waals surface area (Å²) >= 11 is 7.25. The molecule has 1 aliphatic rings. The van der Waals surface area contributed by atoms with E-state index in [-0.39, 0.29) is 5.75 Å². The highest BCUT2D eigenvalue weighted by molar-refractivity contribution is 8.00. The molecule has 0 amide bonds. The fraction of sp³-hybridized carbons (Fsp3) is 0.357. The van der Waals surface area contributed by atoms with Crippen LogP contribution in [0.1, 0.15) is 31.0 Å². The third-order valence-electron chi connectivity index (χ3n) is 3.44. The van der Waals surface area contributed by atoms with Crippen molar-refractivity contribution < 1.29 is 9.90 Å². The van der Waals surface area contributed by atoms with E-state index in [9.17, 15) is 4.79 Å². The Bertz CT molecular complexity index is 674. The van der Waals surface area contributed by atoms with Crippen LogP contribution in [0.4, 0.5) is 0 Å². The Labute approximate surface area is 125 Å². The minimum absolute atomic E-state index is 0.00114. The van der Waals surface area contributed by atoms with Gasteiger partial charge in [-0.3, -0.25) is 4.79 Å². The molecule has 0 atom stereocenters. The molecule has 104 valence electrons. The van der Waals surface area contributed by atoms with Gasteiger partial charge in [0, 0.05) is 16.3 Å². The van der Waals surface area contributed by atoms with Crippen molar-refractivity contribution in [3.8, 4) is 0 Å². The maximum atomic E-state index is 10.8. The number of hydrogen-bond acceptors (Lipinski definition) is 4. The molecule has 1 aromatic heterocycles. The summed E-state index contributed by atoms with van der Waals surface area (Å²) in [5.74, 6) is 0.376. The van der Waals surface area contributed by atoms with E-state index >= 15 is 0 Å². The molecular formula is C14H13ClN2O2S. The summed E-state index contributed by atoms with van der Waals surface area (Å²) in [4.78, 5) is 19.9. The van der Waals surface area contributed by atoms with E-state index in [1.165, 1.54) is 18.2 Å². The highest BCUT2D eigenvalue weighted by atomic mass is 35.5. The van der Waals surface area contributed by atoms with Crippen LogP contribution in [0.15, 0.2) is 23.2 Å². The monoisotopic (exact) mass is 308 g/mol. The summed E-state index contributed by atoms with van der Waals surface area (Å²) in [7, 11) is 0. The van der Waals surface area contributed by atoms with E-state index in [2.05, 4.69) is 9.97 Å². The molecule has 4 nitrogen and oxygen atoms in total. The van der Waals surface area contributed by atoms with Gasteiger partial charge in [0.05, 0.1) is 11.3 Å². The summed E-state index contributed by atoms with van der Waals surface area (Å²) in [5.41, 5.74) is 0.794. The number of carboxylic acid groups (broad SMARTS) is 1. The first kappa shape index (κ1) is 13.6. The molecule has 0 unspecified atom stereocenters. The Hall–Kier alpha value is -1.33. The van der Waals surface area contributed by atoms with Crippen molar-refractivity contribution >= 4 is 40.2 Å². The van der Waals surface area contributed by atoms with Crippen LogP contribution < -0.4 is 0 Å². The third kappa shape index (κ3) is 2.74. The molecule has 2 aromatic rings. The maximum Gasteiger partial charge on any atom is 0.313 e. The van der Waals surface area contributed by atoms with Gasteiger partial charge in [-0.25, -0.2) is 9.97 Å². The Kier molecular flexibility index (Phi) is 3.81. The number of aliphatic carboxylic acids is 1. The van der Waals surface area contributed by atoms with Crippen LogP contribution in [-0.2, 0) is 4.79 Å². The summed E-state index contributed by atoms with van der Waals surface area (Å²) in [5, 5.41) is 11.1. The normalized spacial score (nSPS) is 15.2. The smallest absolute Gasteiger partial charge is 0.313 e. The Morgan fingerprint density at radius 3 is 2.85 bits per heavy atom. The molecule has 1 saturated carbocycles. The van der Waals surface area contributed by atoms with Gasteiger partial charge in [-0.15, -0.1) is 0 Å². The van der Waals surface area contributed by atoms with E-state index in [4.69, 9.17) is 16.7 Å². The first-order valence-corrected chi connectivity index (χ1v) is 7.81. The van der Waals surface area contributed by atoms with E-state index in [0.29, 0.717) is 10.9 Å². The van der Waals surface area contributed by atoms with Gasteiger partial charge >= 0.3 is 5.97 Å². The number of nitrogens with zero attached hydrogens (tertiary/aromatic N) is 2. The molecule has 1 aliphatic carbocycles. The lowest BCUT2D eigenvalue weighted by molar-refractivity contribution is -0.133. The van der Waals surface area contributed by atoms with Crippen LogP contribution in [0.5, 0.6) is 0 Å². The van der Waals surface area contributed by atoms with E-state index in [1.807, 2.05) is 12.1 Å².